The molecule has 0 N–H and O–H groups in total. The molecule has 28 heavy (non-hydrogen) atoms. The summed E-state index contributed by atoms with van der Waals surface area (Å²) < 4.78 is 5.49. The number of anilines is 1. The molecular weight excluding hydrogens is 364 g/mol. The van der Waals surface area contributed by atoms with Gasteiger partial charge in [-0.1, -0.05) is 13.0 Å². The SMILES string of the molecule is C=CCN(C(=O)CCC(=O)[O-])[C@H]1CC(=O)N(c2ccc(OCCC)cc2)C1=O. The highest BCUT2D eigenvalue weighted by molar-refractivity contribution is 6.23. The van der Waals surface area contributed by atoms with E-state index >= 15 is 0 Å². The summed E-state index contributed by atoms with van der Waals surface area (Å²) in [6.07, 6.45) is 1.36. The van der Waals surface area contributed by atoms with Gasteiger partial charge < -0.3 is 19.5 Å². The quantitative estimate of drug-likeness (QED) is 0.431. The molecule has 1 aliphatic rings. The predicted molar refractivity (Wildman–Crippen MR) is 99.3 cm³/mol. The summed E-state index contributed by atoms with van der Waals surface area (Å²) in [4.78, 5) is 50.5. The first-order chi connectivity index (χ1) is 13.4. The van der Waals surface area contributed by atoms with Crippen molar-refractivity contribution in [1.29, 1.82) is 0 Å². The fourth-order valence-corrected chi connectivity index (χ4v) is 2.94. The molecule has 1 aromatic rings. The minimum atomic E-state index is -1.35. The summed E-state index contributed by atoms with van der Waals surface area (Å²) in [5.41, 5.74) is 0.391. The van der Waals surface area contributed by atoms with Crippen molar-refractivity contribution < 1.29 is 29.0 Å². The number of hydrogen-bond donors (Lipinski definition) is 0. The second-order valence-electron chi connectivity index (χ2n) is 6.34. The zero-order valence-corrected chi connectivity index (χ0v) is 15.8. The van der Waals surface area contributed by atoms with Gasteiger partial charge in [-0.05, 0) is 37.1 Å². The Kier molecular flexibility index (Phi) is 7.31. The lowest BCUT2D eigenvalue weighted by Crippen LogP contribution is -2.45. The van der Waals surface area contributed by atoms with Crippen molar-refractivity contribution >= 4 is 29.4 Å². The van der Waals surface area contributed by atoms with Crippen molar-refractivity contribution in [3.8, 4) is 5.75 Å². The highest BCUT2D eigenvalue weighted by atomic mass is 16.5. The summed E-state index contributed by atoms with van der Waals surface area (Å²) in [6, 6.07) is 5.57. The van der Waals surface area contributed by atoms with Gasteiger partial charge in [0.2, 0.25) is 11.8 Å². The lowest BCUT2D eigenvalue weighted by atomic mass is 10.1. The van der Waals surface area contributed by atoms with Gasteiger partial charge in [-0.15, -0.1) is 6.58 Å². The fraction of sp³-hybridized carbons (Fsp3) is 0.400. The number of imide groups is 1. The van der Waals surface area contributed by atoms with Crippen molar-refractivity contribution in [3.05, 3.63) is 36.9 Å². The van der Waals surface area contributed by atoms with Crippen LogP contribution in [0.1, 0.15) is 32.6 Å². The Morgan fingerprint density at radius 2 is 1.96 bits per heavy atom. The van der Waals surface area contributed by atoms with E-state index in [-0.39, 0.29) is 19.4 Å². The van der Waals surface area contributed by atoms with Crippen LogP contribution in [0.3, 0.4) is 0 Å². The van der Waals surface area contributed by atoms with Crippen LogP contribution >= 0.6 is 0 Å². The van der Waals surface area contributed by atoms with E-state index in [4.69, 9.17) is 4.74 Å². The largest absolute Gasteiger partial charge is 0.550 e. The van der Waals surface area contributed by atoms with Crippen LogP contribution in [-0.4, -0.2) is 47.8 Å². The second kappa shape index (κ2) is 9.68. The van der Waals surface area contributed by atoms with E-state index in [1.807, 2.05) is 6.92 Å². The molecule has 0 spiro atoms. The molecule has 150 valence electrons. The molecular formula is C20H23N2O6-. The van der Waals surface area contributed by atoms with E-state index in [0.29, 0.717) is 18.0 Å². The topological polar surface area (TPSA) is 107 Å². The predicted octanol–water partition coefficient (Wildman–Crippen LogP) is 0.652. The van der Waals surface area contributed by atoms with Gasteiger partial charge >= 0.3 is 0 Å². The first-order valence-corrected chi connectivity index (χ1v) is 9.08. The van der Waals surface area contributed by atoms with Crippen molar-refractivity contribution in [2.75, 3.05) is 18.1 Å². The Hall–Kier alpha value is -3.16. The van der Waals surface area contributed by atoms with Gasteiger partial charge in [0.1, 0.15) is 11.8 Å². The maximum atomic E-state index is 12.8. The van der Waals surface area contributed by atoms with E-state index < -0.39 is 36.2 Å². The molecule has 1 aromatic carbocycles. The van der Waals surface area contributed by atoms with Gasteiger partial charge in [0.25, 0.3) is 5.91 Å². The Balaban J connectivity index is 2.16. The van der Waals surface area contributed by atoms with Crippen LogP contribution in [-0.2, 0) is 19.2 Å². The molecule has 2 rings (SSSR count). The number of ether oxygens (including phenoxy) is 1. The van der Waals surface area contributed by atoms with Crippen LogP contribution in [0.5, 0.6) is 5.75 Å². The standard InChI is InChI=1S/C20H24N2O6/c1-3-11-21(17(23)9-10-19(25)26)16-13-18(24)22(20(16)27)14-5-7-15(8-6-14)28-12-4-2/h3,5-8,16H,1,4,9-13H2,2H3,(H,25,26)/p-1/t16-/m0/s1. The number of carbonyl (C=O) groups is 4. The van der Waals surface area contributed by atoms with Crippen molar-refractivity contribution in [3.63, 3.8) is 0 Å². The maximum absolute atomic E-state index is 12.8. The lowest BCUT2D eigenvalue weighted by Gasteiger charge is -2.26. The number of carbonyl (C=O) groups excluding carboxylic acids is 4. The molecule has 1 atom stereocenters. The van der Waals surface area contributed by atoms with Gasteiger partial charge in [-0.2, -0.15) is 0 Å². The van der Waals surface area contributed by atoms with Gasteiger partial charge in [0, 0.05) is 18.9 Å². The number of amides is 3. The molecule has 0 unspecified atom stereocenters. The van der Waals surface area contributed by atoms with Gasteiger partial charge in [-0.3, -0.25) is 14.4 Å². The monoisotopic (exact) mass is 387 g/mol. The van der Waals surface area contributed by atoms with Gasteiger partial charge in [-0.25, -0.2) is 4.90 Å². The third kappa shape index (κ3) is 4.97. The molecule has 8 nitrogen and oxygen atoms in total. The normalized spacial score (nSPS) is 16.2. The number of nitrogens with zero attached hydrogens (tertiary/aromatic N) is 2. The van der Waals surface area contributed by atoms with E-state index in [0.717, 1.165) is 11.3 Å². The highest BCUT2D eigenvalue weighted by Crippen LogP contribution is 2.28. The number of benzene rings is 1. The molecule has 8 heteroatoms. The molecule has 3 amide bonds. The van der Waals surface area contributed by atoms with E-state index in [1.165, 1.54) is 11.0 Å². The summed E-state index contributed by atoms with van der Waals surface area (Å²) in [5.74, 6) is -2.23. The molecule has 0 bridgehead atoms. The van der Waals surface area contributed by atoms with Crippen molar-refractivity contribution in [2.24, 2.45) is 0 Å². The van der Waals surface area contributed by atoms with Crippen LogP contribution < -0.4 is 14.7 Å². The van der Waals surface area contributed by atoms with Crippen LogP contribution in [0.25, 0.3) is 0 Å². The van der Waals surface area contributed by atoms with Gasteiger partial charge in [0.05, 0.1) is 18.7 Å². The second-order valence-corrected chi connectivity index (χ2v) is 6.34. The van der Waals surface area contributed by atoms with Crippen molar-refractivity contribution in [2.45, 2.75) is 38.6 Å². The highest BCUT2D eigenvalue weighted by Gasteiger charge is 2.43. The molecule has 0 aromatic heterocycles. The van der Waals surface area contributed by atoms with Crippen LogP contribution in [0.15, 0.2) is 36.9 Å². The summed E-state index contributed by atoms with van der Waals surface area (Å²) in [6.45, 7) is 6.14. The molecule has 1 aliphatic heterocycles. The zero-order chi connectivity index (χ0) is 20.7. The fourth-order valence-electron chi connectivity index (χ4n) is 2.94. The Morgan fingerprint density at radius 3 is 2.54 bits per heavy atom. The third-order valence-electron chi connectivity index (χ3n) is 4.26. The Labute approximate surface area is 163 Å². The average Bonchev–Trinajstić information content (AvgIpc) is 2.97. The first-order valence-electron chi connectivity index (χ1n) is 9.08. The number of carboxylic acid groups (broad SMARTS) is 1. The van der Waals surface area contributed by atoms with E-state index in [2.05, 4.69) is 6.58 Å². The summed E-state index contributed by atoms with van der Waals surface area (Å²) >= 11 is 0. The van der Waals surface area contributed by atoms with E-state index in [1.54, 1.807) is 24.3 Å². The average molecular weight is 387 g/mol. The number of hydrogen-bond acceptors (Lipinski definition) is 6. The molecule has 1 fully saturated rings. The molecule has 0 saturated carbocycles. The minimum Gasteiger partial charge on any atom is -0.550 e. The maximum Gasteiger partial charge on any atom is 0.257 e. The molecule has 1 heterocycles. The van der Waals surface area contributed by atoms with Crippen LogP contribution in [0.2, 0.25) is 0 Å². The summed E-state index contributed by atoms with van der Waals surface area (Å²) in [5, 5.41) is 10.6. The van der Waals surface area contributed by atoms with Crippen molar-refractivity contribution in [1.82, 2.24) is 4.90 Å². The van der Waals surface area contributed by atoms with Crippen LogP contribution in [0, 0.1) is 0 Å². The van der Waals surface area contributed by atoms with Gasteiger partial charge in [0.15, 0.2) is 0 Å². The smallest absolute Gasteiger partial charge is 0.257 e. The third-order valence-corrected chi connectivity index (χ3v) is 4.26. The number of rotatable bonds is 10. The minimum absolute atomic E-state index is 0.0349. The molecule has 1 saturated heterocycles. The molecule has 0 radical (unpaired) electrons. The van der Waals surface area contributed by atoms with E-state index in [9.17, 15) is 24.3 Å². The number of carboxylic acids is 1. The zero-order valence-electron chi connectivity index (χ0n) is 15.8. The number of aliphatic carboxylic acids is 1. The van der Waals surface area contributed by atoms with Crippen LogP contribution in [0.4, 0.5) is 5.69 Å². The first kappa shape index (κ1) is 21.1. The Bertz CT molecular complexity index is 758. The summed E-state index contributed by atoms with van der Waals surface area (Å²) in [7, 11) is 0. The Morgan fingerprint density at radius 1 is 1.29 bits per heavy atom. The lowest BCUT2D eigenvalue weighted by molar-refractivity contribution is -0.305. The molecule has 0 aliphatic carbocycles.